The highest BCUT2D eigenvalue weighted by Crippen LogP contribution is 2.13. The van der Waals surface area contributed by atoms with Crippen LogP contribution in [0.5, 0.6) is 0 Å². The van der Waals surface area contributed by atoms with Gasteiger partial charge in [-0.15, -0.1) is 0 Å². The molecule has 0 aromatic heterocycles. The van der Waals surface area contributed by atoms with Crippen molar-refractivity contribution in [1.82, 2.24) is 5.32 Å². The Morgan fingerprint density at radius 3 is 2.37 bits per heavy atom. The van der Waals surface area contributed by atoms with Crippen LogP contribution in [0.3, 0.4) is 0 Å². The smallest absolute Gasteiger partial charge is 0.150 e. The van der Waals surface area contributed by atoms with Gasteiger partial charge in [-0.25, -0.2) is 4.21 Å². The van der Waals surface area contributed by atoms with Crippen LogP contribution in [0.2, 0.25) is 0 Å². The molecule has 0 saturated carbocycles. The van der Waals surface area contributed by atoms with Gasteiger partial charge in [0.25, 0.3) is 0 Å². The number of nitrogens with one attached hydrogen (secondary N) is 2. The summed E-state index contributed by atoms with van der Waals surface area (Å²) in [5, 5.41) is 3.10. The molecule has 2 N–H and O–H groups in total. The number of carbonyl (C=O) groups is 1. The number of aryl methyl sites for hydroxylation is 1. The molecule has 0 spiro atoms. The molecule has 0 heterocycles. The van der Waals surface area contributed by atoms with Crippen LogP contribution in [0.15, 0.2) is 95.6 Å². The van der Waals surface area contributed by atoms with E-state index in [4.69, 9.17) is 4.79 Å². The molecule has 5 heteroatoms. The predicted molar refractivity (Wildman–Crippen MR) is 115 cm³/mol. The van der Waals surface area contributed by atoms with Gasteiger partial charge >= 0.3 is 0 Å². The maximum absolute atomic E-state index is 12.0. The Bertz CT molecular complexity index is 799. The van der Waals surface area contributed by atoms with Crippen molar-refractivity contribution < 1.29 is 9.00 Å². The van der Waals surface area contributed by atoms with Crippen molar-refractivity contribution in [3.05, 3.63) is 96.2 Å². The minimum atomic E-state index is -1.19. The molecule has 1 aliphatic carbocycles. The van der Waals surface area contributed by atoms with Crippen molar-refractivity contribution >= 4 is 23.5 Å². The number of allylic oxidation sites excluding steroid dienone is 5. The molecule has 27 heavy (non-hydrogen) atoms. The van der Waals surface area contributed by atoms with E-state index in [1.54, 1.807) is 0 Å². The Hall–Kier alpha value is -2.92. The maximum atomic E-state index is 12.0. The van der Waals surface area contributed by atoms with Gasteiger partial charge in [-0.05, 0) is 42.8 Å². The fourth-order valence-electron chi connectivity index (χ4n) is 2.17. The van der Waals surface area contributed by atoms with E-state index in [0.717, 1.165) is 22.6 Å². The van der Waals surface area contributed by atoms with E-state index in [-0.39, 0.29) is 0 Å². The van der Waals surface area contributed by atoms with E-state index in [9.17, 15) is 4.21 Å². The molecule has 4 nitrogen and oxygen atoms in total. The zero-order valence-corrected chi connectivity index (χ0v) is 16.5. The standard InChI is InChI=1S/C13H13NOS.C8H11N.CH2O/c1-11-6-5-9-13(10-11)16(15)14-12-7-3-2-4-8-12;1-9-8-6-4-2-3-5-7-8;1-2/h2-10,14H,1H3;2-6,9H,7H2,1H3;1H2. The minimum absolute atomic E-state index is 0.795. The molecule has 0 fully saturated rings. The SMILES string of the molecule is C=O.CNC1=CC=CC=CC1.Cc1cccc(S(=O)Nc2ccccc2)c1. The number of hydrogen-bond donors (Lipinski definition) is 2. The topological polar surface area (TPSA) is 58.2 Å². The van der Waals surface area contributed by atoms with E-state index >= 15 is 0 Å². The first-order chi connectivity index (χ1) is 13.2. The largest absolute Gasteiger partial charge is 0.391 e. The van der Waals surface area contributed by atoms with Crippen molar-refractivity contribution in [1.29, 1.82) is 0 Å². The summed E-state index contributed by atoms with van der Waals surface area (Å²) in [6.45, 7) is 3.99. The van der Waals surface area contributed by atoms with Crippen LogP contribution in [0.1, 0.15) is 12.0 Å². The fraction of sp³-hybridized carbons (Fsp3) is 0.136. The van der Waals surface area contributed by atoms with Crippen LogP contribution in [0.4, 0.5) is 5.69 Å². The van der Waals surface area contributed by atoms with Gasteiger partial charge in [0.15, 0.2) is 0 Å². The highest BCUT2D eigenvalue weighted by molar-refractivity contribution is 7.86. The number of rotatable bonds is 4. The summed E-state index contributed by atoms with van der Waals surface area (Å²) in [6, 6.07) is 17.2. The van der Waals surface area contributed by atoms with Crippen LogP contribution in [-0.4, -0.2) is 18.0 Å². The zero-order chi connectivity index (χ0) is 19.9. The molecule has 1 atom stereocenters. The van der Waals surface area contributed by atoms with Gasteiger partial charge in [0.05, 0.1) is 4.90 Å². The summed E-state index contributed by atoms with van der Waals surface area (Å²) < 4.78 is 14.9. The lowest BCUT2D eigenvalue weighted by Crippen LogP contribution is -2.04. The van der Waals surface area contributed by atoms with Crippen LogP contribution in [0.25, 0.3) is 0 Å². The van der Waals surface area contributed by atoms with Crippen molar-refractivity contribution in [2.75, 3.05) is 11.8 Å². The maximum Gasteiger partial charge on any atom is 0.150 e. The van der Waals surface area contributed by atoms with Crippen molar-refractivity contribution in [2.24, 2.45) is 0 Å². The molecule has 0 bridgehead atoms. The monoisotopic (exact) mass is 382 g/mol. The van der Waals surface area contributed by atoms with Crippen LogP contribution in [-0.2, 0) is 15.8 Å². The summed E-state index contributed by atoms with van der Waals surface area (Å²) in [7, 11) is 0.749. The molecular formula is C22H26N2O2S. The first-order valence-electron chi connectivity index (χ1n) is 8.48. The van der Waals surface area contributed by atoms with Crippen molar-refractivity contribution in [3.63, 3.8) is 0 Å². The van der Waals surface area contributed by atoms with Gasteiger partial charge in [-0.2, -0.15) is 0 Å². The molecule has 0 aliphatic heterocycles. The van der Waals surface area contributed by atoms with Crippen LogP contribution in [0, 0.1) is 6.92 Å². The molecule has 2 aromatic rings. The average molecular weight is 383 g/mol. The van der Waals surface area contributed by atoms with E-state index < -0.39 is 11.0 Å². The number of anilines is 1. The molecule has 0 amide bonds. The van der Waals surface area contributed by atoms with Crippen LogP contribution < -0.4 is 10.0 Å². The summed E-state index contributed by atoms with van der Waals surface area (Å²) >= 11 is 0. The lowest BCUT2D eigenvalue weighted by molar-refractivity contribution is -0.0979. The first kappa shape index (κ1) is 22.1. The average Bonchev–Trinajstić information content (AvgIpc) is 3.00. The van der Waals surface area contributed by atoms with Gasteiger partial charge in [0.2, 0.25) is 0 Å². The van der Waals surface area contributed by atoms with Crippen molar-refractivity contribution in [2.45, 2.75) is 18.2 Å². The third-order valence-corrected chi connectivity index (χ3v) is 4.61. The Morgan fingerprint density at radius 1 is 0.963 bits per heavy atom. The lowest BCUT2D eigenvalue weighted by Gasteiger charge is -2.06. The predicted octanol–water partition coefficient (Wildman–Crippen LogP) is 4.55. The minimum Gasteiger partial charge on any atom is -0.391 e. The summed E-state index contributed by atoms with van der Waals surface area (Å²) in [6.07, 6.45) is 11.4. The summed E-state index contributed by atoms with van der Waals surface area (Å²) in [5.74, 6) is 0. The summed E-state index contributed by atoms with van der Waals surface area (Å²) in [5.41, 5.74) is 3.24. The third kappa shape index (κ3) is 8.83. The van der Waals surface area contributed by atoms with E-state index in [2.05, 4.69) is 28.3 Å². The second-order valence-electron chi connectivity index (χ2n) is 5.51. The molecule has 2 aromatic carbocycles. The zero-order valence-electron chi connectivity index (χ0n) is 15.7. The highest BCUT2D eigenvalue weighted by Gasteiger charge is 2.03. The molecular weight excluding hydrogens is 356 g/mol. The van der Waals surface area contributed by atoms with Gasteiger partial charge < -0.3 is 14.8 Å². The Balaban J connectivity index is 0.000000282. The van der Waals surface area contributed by atoms with Crippen LogP contribution >= 0.6 is 0 Å². The second-order valence-corrected chi connectivity index (χ2v) is 6.73. The molecule has 1 unspecified atom stereocenters. The third-order valence-electron chi connectivity index (χ3n) is 3.50. The van der Waals surface area contributed by atoms with E-state index in [1.165, 1.54) is 5.70 Å². The van der Waals surface area contributed by atoms with E-state index in [1.807, 2.05) is 87.5 Å². The van der Waals surface area contributed by atoms with Gasteiger partial charge in [-0.3, -0.25) is 0 Å². The second kappa shape index (κ2) is 13.3. The Labute approximate surface area is 164 Å². The quantitative estimate of drug-likeness (QED) is 0.815. The molecule has 142 valence electrons. The molecule has 1 aliphatic rings. The number of para-hydroxylation sites is 1. The van der Waals surface area contributed by atoms with Gasteiger partial charge in [0.1, 0.15) is 17.8 Å². The number of benzene rings is 2. The Morgan fingerprint density at radius 2 is 1.70 bits per heavy atom. The number of hydrogen-bond acceptors (Lipinski definition) is 3. The molecule has 0 radical (unpaired) electrons. The molecule has 0 saturated heterocycles. The fourth-order valence-corrected chi connectivity index (χ4v) is 3.13. The van der Waals surface area contributed by atoms with Crippen molar-refractivity contribution in [3.8, 4) is 0 Å². The highest BCUT2D eigenvalue weighted by atomic mass is 32.2. The Kier molecular flexibility index (Phi) is 10.9. The first-order valence-corrected chi connectivity index (χ1v) is 9.63. The van der Waals surface area contributed by atoms with Gasteiger partial charge in [-0.1, -0.05) is 54.6 Å². The van der Waals surface area contributed by atoms with E-state index in [0.29, 0.717) is 0 Å². The summed E-state index contributed by atoms with van der Waals surface area (Å²) in [4.78, 5) is 8.80. The number of carbonyl (C=O) groups excluding carboxylic acids is 1. The molecule has 3 rings (SSSR count). The normalized spacial score (nSPS) is 12.9. The lowest BCUT2D eigenvalue weighted by atomic mass is 10.2. The van der Waals surface area contributed by atoms with Gasteiger partial charge in [0, 0.05) is 24.9 Å².